The third kappa shape index (κ3) is 4.42. The fourth-order valence-electron chi connectivity index (χ4n) is 1.85. The first kappa shape index (κ1) is 14.7. The van der Waals surface area contributed by atoms with Crippen molar-refractivity contribution in [2.24, 2.45) is 0 Å². The molecule has 2 aromatic carbocycles. The van der Waals surface area contributed by atoms with Crippen LogP contribution >= 0.6 is 11.8 Å². The van der Waals surface area contributed by atoms with Crippen LogP contribution in [0.5, 0.6) is 5.75 Å². The molecule has 0 aliphatic rings. The van der Waals surface area contributed by atoms with Crippen LogP contribution in [0.1, 0.15) is 28.8 Å². The molecule has 2 aromatic rings. The van der Waals surface area contributed by atoms with Crippen molar-refractivity contribution in [3.63, 3.8) is 0 Å². The van der Waals surface area contributed by atoms with Gasteiger partial charge in [-0.25, -0.2) is 0 Å². The number of phenols is 1. The number of phenolic OH excluding ortho intramolecular Hbond substituents is 1. The summed E-state index contributed by atoms with van der Waals surface area (Å²) in [5, 5.41) is 9.18. The first-order valence-corrected chi connectivity index (χ1v) is 7.65. The molecule has 0 amide bonds. The lowest BCUT2D eigenvalue weighted by Crippen LogP contribution is -1.99. The van der Waals surface area contributed by atoms with Crippen molar-refractivity contribution in [1.29, 1.82) is 0 Å². The number of benzene rings is 2. The first-order valence-electron chi connectivity index (χ1n) is 6.67. The summed E-state index contributed by atoms with van der Waals surface area (Å²) in [4.78, 5) is 13.2. The number of aryl methyl sites for hydroxylation is 1. The van der Waals surface area contributed by atoms with Gasteiger partial charge >= 0.3 is 0 Å². The fourth-order valence-corrected chi connectivity index (χ4v) is 2.70. The molecule has 0 saturated carbocycles. The predicted molar refractivity (Wildman–Crippen MR) is 83.6 cm³/mol. The monoisotopic (exact) mass is 286 g/mol. The largest absolute Gasteiger partial charge is 0.508 e. The van der Waals surface area contributed by atoms with E-state index >= 15 is 0 Å². The second-order valence-electron chi connectivity index (χ2n) is 4.74. The zero-order valence-corrected chi connectivity index (χ0v) is 12.3. The van der Waals surface area contributed by atoms with Gasteiger partial charge in [-0.05, 0) is 55.5 Å². The van der Waals surface area contributed by atoms with Crippen LogP contribution in [0, 0.1) is 6.92 Å². The van der Waals surface area contributed by atoms with Crippen molar-refractivity contribution < 1.29 is 9.90 Å². The Balaban J connectivity index is 1.74. The number of rotatable bonds is 6. The molecule has 104 valence electrons. The fraction of sp³-hybridized carbons (Fsp3) is 0.235. The number of hydrogen-bond acceptors (Lipinski definition) is 3. The van der Waals surface area contributed by atoms with E-state index in [4.69, 9.17) is 0 Å². The SMILES string of the molecule is Cc1ccc(SCCCC(=O)c2ccc(O)cc2)cc1. The minimum Gasteiger partial charge on any atom is -0.508 e. The van der Waals surface area contributed by atoms with Gasteiger partial charge in [0, 0.05) is 16.9 Å². The highest BCUT2D eigenvalue weighted by Crippen LogP contribution is 2.20. The zero-order valence-electron chi connectivity index (χ0n) is 11.5. The minimum atomic E-state index is 0.134. The lowest BCUT2D eigenvalue weighted by Gasteiger charge is -2.03. The van der Waals surface area contributed by atoms with Gasteiger partial charge in [0.1, 0.15) is 5.75 Å². The topological polar surface area (TPSA) is 37.3 Å². The number of carbonyl (C=O) groups excluding carboxylic acids is 1. The highest BCUT2D eigenvalue weighted by molar-refractivity contribution is 7.99. The lowest BCUT2D eigenvalue weighted by molar-refractivity contribution is 0.0982. The predicted octanol–water partition coefficient (Wildman–Crippen LogP) is 4.46. The molecule has 0 spiro atoms. The molecule has 1 N–H and O–H groups in total. The maximum atomic E-state index is 11.9. The molecule has 0 saturated heterocycles. The van der Waals surface area contributed by atoms with Gasteiger partial charge in [0.15, 0.2) is 5.78 Å². The van der Waals surface area contributed by atoms with Gasteiger partial charge in [0.05, 0.1) is 0 Å². The molecule has 0 aromatic heterocycles. The summed E-state index contributed by atoms with van der Waals surface area (Å²) in [5.41, 5.74) is 1.93. The Morgan fingerprint density at radius 1 is 1.05 bits per heavy atom. The van der Waals surface area contributed by atoms with E-state index in [0.29, 0.717) is 12.0 Å². The zero-order chi connectivity index (χ0) is 14.4. The van der Waals surface area contributed by atoms with Crippen LogP contribution in [0.3, 0.4) is 0 Å². The van der Waals surface area contributed by atoms with Gasteiger partial charge in [0.25, 0.3) is 0 Å². The van der Waals surface area contributed by atoms with E-state index in [1.54, 1.807) is 36.0 Å². The van der Waals surface area contributed by atoms with Crippen LogP contribution < -0.4 is 0 Å². The Labute approximate surface area is 123 Å². The molecule has 0 bridgehead atoms. The summed E-state index contributed by atoms with van der Waals surface area (Å²) in [5.74, 6) is 1.26. The average Bonchev–Trinajstić information content (AvgIpc) is 2.46. The van der Waals surface area contributed by atoms with E-state index in [2.05, 4.69) is 31.2 Å². The number of hydrogen-bond donors (Lipinski definition) is 1. The molecule has 0 aliphatic carbocycles. The van der Waals surface area contributed by atoms with Gasteiger partial charge in [-0.3, -0.25) is 4.79 Å². The average molecular weight is 286 g/mol. The van der Waals surface area contributed by atoms with Crippen LogP contribution in [0.2, 0.25) is 0 Å². The van der Waals surface area contributed by atoms with Crippen LogP contribution in [0.4, 0.5) is 0 Å². The molecule has 0 atom stereocenters. The van der Waals surface area contributed by atoms with Gasteiger partial charge in [-0.15, -0.1) is 11.8 Å². The van der Waals surface area contributed by atoms with E-state index in [1.165, 1.54) is 10.5 Å². The van der Waals surface area contributed by atoms with Crippen LogP contribution in [0.25, 0.3) is 0 Å². The highest BCUT2D eigenvalue weighted by atomic mass is 32.2. The Morgan fingerprint density at radius 3 is 2.35 bits per heavy atom. The standard InChI is InChI=1S/C17H18O2S/c1-13-4-10-16(11-5-13)20-12-2-3-17(19)14-6-8-15(18)9-7-14/h4-11,18H,2-3,12H2,1H3. The third-order valence-electron chi connectivity index (χ3n) is 3.03. The summed E-state index contributed by atoms with van der Waals surface area (Å²) in [6.45, 7) is 2.07. The number of Topliss-reactive ketones (excluding diaryl/α,β-unsaturated/α-hetero) is 1. The van der Waals surface area contributed by atoms with Crippen molar-refractivity contribution in [1.82, 2.24) is 0 Å². The van der Waals surface area contributed by atoms with E-state index in [1.807, 2.05) is 0 Å². The van der Waals surface area contributed by atoms with E-state index in [9.17, 15) is 9.90 Å². The molecule has 0 aliphatic heterocycles. The molecule has 0 fully saturated rings. The third-order valence-corrected chi connectivity index (χ3v) is 4.13. The summed E-state index contributed by atoms with van der Waals surface area (Å²) in [6.07, 6.45) is 1.40. The van der Waals surface area contributed by atoms with Crippen molar-refractivity contribution in [2.75, 3.05) is 5.75 Å². The molecule has 0 radical (unpaired) electrons. The molecular formula is C17H18O2S. The van der Waals surface area contributed by atoms with Crippen molar-refractivity contribution in [3.05, 3.63) is 59.7 Å². The summed E-state index contributed by atoms with van der Waals surface area (Å²) < 4.78 is 0. The minimum absolute atomic E-state index is 0.134. The molecule has 0 unspecified atom stereocenters. The summed E-state index contributed by atoms with van der Waals surface area (Å²) in [7, 11) is 0. The Hall–Kier alpha value is -1.74. The molecule has 0 heterocycles. The smallest absolute Gasteiger partial charge is 0.162 e. The molecule has 20 heavy (non-hydrogen) atoms. The van der Waals surface area contributed by atoms with E-state index < -0.39 is 0 Å². The normalized spacial score (nSPS) is 10.4. The number of aromatic hydroxyl groups is 1. The Bertz CT molecular complexity index is 559. The van der Waals surface area contributed by atoms with Gasteiger partial charge < -0.3 is 5.11 Å². The van der Waals surface area contributed by atoms with Crippen LogP contribution in [-0.4, -0.2) is 16.6 Å². The van der Waals surface area contributed by atoms with Gasteiger partial charge in [-0.1, -0.05) is 17.7 Å². The second-order valence-corrected chi connectivity index (χ2v) is 5.90. The molecule has 2 nitrogen and oxygen atoms in total. The number of carbonyl (C=O) groups is 1. The van der Waals surface area contributed by atoms with E-state index in [-0.39, 0.29) is 11.5 Å². The van der Waals surface area contributed by atoms with Crippen molar-refractivity contribution in [2.45, 2.75) is 24.7 Å². The molecule has 2 rings (SSSR count). The Morgan fingerprint density at radius 2 is 1.70 bits per heavy atom. The maximum absolute atomic E-state index is 11.9. The first-order chi connectivity index (χ1) is 9.65. The second kappa shape index (κ2) is 7.15. The van der Waals surface area contributed by atoms with Crippen LogP contribution in [0.15, 0.2) is 53.4 Å². The number of thioether (sulfide) groups is 1. The lowest BCUT2D eigenvalue weighted by atomic mass is 10.1. The van der Waals surface area contributed by atoms with Crippen molar-refractivity contribution in [3.8, 4) is 5.75 Å². The van der Waals surface area contributed by atoms with E-state index in [0.717, 1.165) is 12.2 Å². The van der Waals surface area contributed by atoms with Gasteiger partial charge in [0.2, 0.25) is 0 Å². The Kier molecular flexibility index (Phi) is 5.24. The number of ketones is 1. The van der Waals surface area contributed by atoms with Gasteiger partial charge in [-0.2, -0.15) is 0 Å². The van der Waals surface area contributed by atoms with Crippen LogP contribution in [-0.2, 0) is 0 Å². The summed E-state index contributed by atoms with van der Waals surface area (Å²) >= 11 is 1.78. The maximum Gasteiger partial charge on any atom is 0.162 e. The molecule has 3 heteroatoms. The molecular weight excluding hydrogens is 268 g/mol. The summed E-state index contributed by atoms with van der Waals surface area (Å²) in [6, 6.07) is 14.9. The highest BCUT2D eigenvalue weighted by Gasteiger charge is 2.05. The van der Waals surface area contributed by atoms with Crippen molar-refractivity contribution >= 4 is 17.5 Å². The quantitative estimate of drug-likeness (QED) is 0.484.